The number of aryl methyl sites for hydroxylation is 1. The van der Waals surface area contributed by atoms with E-state index in [0.717, 1.165) is 24.1 Å². The van der Waals surface area contributed by atoms with Gasteiger partial charge in [0.2, 0.25) is 5.89 Å². The summed E-state index contributed by atoms with van der Waals surface area (Å²) in [4.78, 5) is 18.5. The number of amides is 2. The Morgan fingerprint density at radius 3 is 2.88 bits per heavy atom. The van der Waals surface area contributed by atoms with Crippen LogP contribution in [0, 0.1) is 6.92 Å². The van der Waals surface area contributed by atoms with E-state index < -0.39 is 0 Å². The summed E-state index contributed by atoms with van der Waals surface area (Å²) in [5, 5.41) is 6.79. The molecule has 7 heteroatoms. The van der Waals surface area contributed by atoms with Crippen molar-refractivity contribution in [2.75, 3.05) is 25.5 Å². The fraction of sp³-hybridized carbons (Fsp3) is 0.471. The third kappa shape index (κ3) is 3.91. The van der Waals surface area contributed by atoms with Gasteiger partial charge in [0.05, 0.1) is 6.61 Å². The largest absolute Gasteiger partial charge is 0.380 e. The van der Waals surface area contributed by atoms with E-state index in [9.17, 15) is 4.79 Å². The molecule has 1 N–H and O–H groups in total. The first kappa shape index (κ1) is 16.4. The average molecular weight is 330 g/mol. The molecule has 1 aliphatic heterocycles. The Balaban J connectivity index is 1.54. The van der Waals surface area contributed by atoms with Crippen molar-refractivity contribution in [1.82, 2.24) is 15.0 Å². The summed E-state index contributed by atoms with van der Waals surface area (Å²) in [5.41, 5.74) is 1.81. The third-order valence-corrected chi connectivity index (χ3v) is 4.16. The molecule has 128 valence electrons. The van der Waals surface area contributed by atoms with Crippen LogP contribution in [0.4, 0.5) is 10.5 Å². The molecule has 0 radical (unpaired) electrons. The van der Waals surface area contributed by atoms with Gasteiger partial charge < -0.3 is 19.5 Å². The first-order chi connectivity index (χ1) is 11.7. The lowest BCUT2D eigenvalue weighted by atomic mass is 9.97. The fourth-order valence-electron chi connectivity index (χ4n) is 2.92. The first-order valence-corrected chi connectivity index (χ1v) is 8.09. The van der Waals surface area contributed by atoms with Gasteiger partial charge in [0.1, 0.15) is 0 Å². The number of ether oxygens (including phenoxy) is 1. The monoisotopic (exact) mass is 330 g/mol. The van der Waals surface area contributed by atoms with Crippen LogP contribution in [0.25, 0.3) is 0 Å². The van der Waals surface area contributed by atoms with Crippen molar-refractivity contribution in [3.8, 4) is 0 Å². The van der Waals surface area contributed by atoms with Gasteiger partial charge in [0, 0.05) is 31.8 Å². The molecule has 0 bridgehead atoms. The molecule has 3 rings (SSSR count). The molecule has 0 saturated carbocycles. The van der Waals surface area contributed by atoms with Gasteiger partial charge in [-0.15, -0.1) is 0 Å². The Kier molecular flexibility index (Phi) is 5.10. The molecular formula is C17H22N4O3. The molecule has 0 aliphatic carbocycles. The second-order valence-electron chi connectivity index (χ2n) is 6.00. The summed E-state index contributed by atoms with van der Waals surface area (Å²) in [6.45, 7) is 3.69. The Morgan fingerprint density at radius 2 is 2.21 bits per heavy atom. The van der Waals surface area contributed by atoms with Gasteiger partial charge in [-0.05, 0) is 37.5 Å². The molecule has 24 heavy (non-hydrogen) atoms. The van der Waals surface area contributed by atoms with Crippen LogP contribution in [-0.2, 0) is 11.3 Å². The Labute approximate surface area is 141 Å². The number of nitrogens with zero attached hydrogens (tertiary/aromatic N) is 3. The van der Waals surface area contributed by atoms with E-state index in [2.05, 4.69) is 15.5 Å². The number of rotatable bonds is 4. The van der Waals surface area contributed by atoms with Gasteiger partial charge in [0.15, 0.2) is 5.82 Å². The van der Waals surface area contributed by atoms with Crippen LogP contribution in [0.2, 0.25) is 0 Å². The lowest BCUT2D eigenvalue weighted by molar-refractivity contribution is 0.184. The number of carbonyl (C=O) groups excluding carboxylic acids is 1. The third-order valence-electron chi connectivity index (χ3n) is 4.16. The number of piperidine rings is 1. The van der Waals surface area contributed by atoms with Crippen LogP contribution < -0.4 is 5.32 Å². The molecule has 7 nitrogen and oxygen atoms in total. The van der Waals surface area contributed by atoms with Crippen LogP contribution in [0.5, 0.6) is 0 Å². The first-order valence-electron chi connectivity index (χ1n) is 8.09. The lowest BCUT2D eigenvalue weighted by Crippen LogP contribution is -2.40. The number of nitrogens with one attached hydrogen (secondary N) is 1. The highest BCUT2D eigenvalue weighted by atomic mass is 16.5. The van der Waals surface area contributed by atoms with Crippen molar-refractivity contribution in [1.29, 1.82) is 0 Å². The standard InChI is InChI=1S/C17H22N4O3/c1-12-18-16(24-20-12)14-6-8-21(9-7-14)17(22)19-15-5-3-4-13(10-15)11-23-2/h3-5,10,14H,6-9,11H2,1-2H3,(H,19,22). The SMILES string of the molecule is COCc1cccc(NC(=O)N2CCC(c3nc(C)no3)CC2)c1. The molecule has 1 fully saturated rings. The quantitative estimate of drug-likeness (QED) is 0.932. The molecule has 2 amide bonds. The highest BCUT2D eigenvalue weighted by Crippen LogP contribution is 2.27. The van der Waals surface area contributed by atoms with Gasteiger partial charge in [-0.3, -0.25) is 0 Å². The minimum Gasteiger partial charge on any atom is -0.380 e. The van der Waals surface area contributed by atoms with Crippen LogP contribution >= 0.6 is 0 Å². The van der Waals surface area contributed by atoms with E-state index in [4.69, 9.17) is 9.26 Å². The highest BCUT2D eigenvalue weighted by Gasteiger charge is 2.27. The number of benzene rings is 1. The zero-order valence-corrected chi connectivity index (χ0v) is 14.0. The zero-order chi connectivity index (χ0) is 16.9. The summed E-state index contributed by atoms with van der Waals surface area (Å²) in [6.07, 6.45) is 1.66. The smallest absolute Gasteiger partial charge is 0.321 e. The van der Waals surface area contributed by atoms with E-state index in [-0.39, 0.29) is 11.9 Å². The van der Waals surface area contributed by atoms with Crippen molar-refractivity contribution in [3.05, 3.63) is 41.5 Å². The van der Waals surface area contributed by atoms with E-state index >= 15 is 0 Å². The van der Waals surface area contributed by atoms with E-state index in [1.807, 2.05) is 36.1 Å². The number of likely N-dealkylation sites (tertiary alicyclic amines) is 1. The molecule has 0 atom stereocenters. The van der Waals surface area contributed by atoms with Gasteiger partial charge in [-0.2, -0.15) is 4.98 Å². The number of hydrogen-bond acceptors (Lipinski definition) is 5. The van der Waals surface area contributed by atoms with Crippen LogP contribution in [0.1, 0.15) is 36.0 Å². The second-order valence-corrected chi connectivity index (χ2v) is 6.00. The van der Waals surface area contributed by atoms with Gasteiger partial charge in [0.25, 0.3) is 0 Å². The predicted molar refractivity (Wildman–Crippen MR) is 88.8 cm³/mol. The van der Waals surface area contributed by atoms with Crippen molar-refractivity contribution in [2.45, 2.75) is 32.3 Å². The predicted octanol–water partition coefficient (Wildman–Crippen LogP) is 2.94. The van der Waals surface area contributed by atoms with Gasteiger partial charge in [-0.25, -0.2) is 4.79 Å². The van der Waals surface area contributed by atoms with Crippen LogP contribution in [-0.4, -0.2) is 41.3 Å². The maximum Gasteiger partial charge on any atom is 0.321 e. The minimum absolute atomic E-state index is 0.0790. The lowest BCUT2D eigenvalue weighted by Gasteiger charge is -2.30. The maximum atomic E-state index is 12.4. The molecule has 2 heterocycles. The molecule has 1 aliphatic rings. The number of anilines is 1. The Hall–Kier alpha value is -2.41. The number of urea groups is 1. The summed E-state index contributed by atoms with van der Waals surface area (Å²) < 4.78 is 10.4. The molecule has 0 unspecified atom stereocenters. The van der Waals surface area contributed by atoms with Crippen molar-refractivity contribution < 1.29 is 14.1 Å². The van der Waals surface area contributed by atoms with Gasteiger partial charge in [-0.1, -0.05) is 17.3 Å². The highest BCUT2D eigenvalue weighted by molar-refractivity contribution is 5.89. The number of methoxy groups -OCH3 is 1. The topological polar surface area (TPSA) is 80.5 Å². The summed E-state index contributed by atoms with van der Waals surface area (Å²) in [7, 11) is 1.65. The van der Waals surface area contributed by atoms with E-state index in [1.54, 1.807) is 7.11 Å². The van der Waals surface area contributed by atoms with Crippen molar-refractivity contribution in [2.24, 2.45) is 0 Å². The van der Waals surface area contributed by atoms with Crippen LogP contribution in [0.15, 0.2) is 28.8 Å². The second kappa shape index (κ2) is 7.44. The Morgan fingerprint density at radius 1 is 1.42 bits per heavy atom. The van der Waals surface area contributed by atoms with Crippen molar-refractivity contribution >= 4 is 11.7 Å². The minimum atomic E-state index is -0.0790. The molecular weight excluding hydrogens is 308 g/mol. The average Bonchev–Trinajstić information content (AvgIpc) is 3.02. The Bertz CT molecular complexity index is 693. The number of carbonyl (C=O) groups is 1. The van der Waals surface area contributed by atoms with Gasteiger partial charge >= 0.3 is 6.03 Å². The molecule has 1 saturated heterocycles. The molecule has 1 aromatic heterocycles. The molecule has 2 aromatic rings. The van der Waals surface area contributed by atoms with Crippen molar-refractivity contribution in [3.63, 3.8) is 0 Å². The summed E-state index contributed by atoms with van der Waals surface area (Å²) in [6, 6.07) is 7.61. The van der Waals surface area contributed by atoms with Crippen LogP contribution in [0.3, 0.4) is 0 Å². The number of hydrogen-bond donors (Lipinski definition) is 1. The van der Waals surface area contributed by atoms with E-state index in [0.29, 0.717) is 31.4 Å². The molecule has 0 spiro atoms. The van der Waals surface area contributed by atoms with E-state index in [1.165, 1.54) is 0 Å². The fourth-order valence-corrected chi connectivity index (χ4v) is 2.92. The zero-order valence-electron chi connectivity index (χ0n) is 14.0. The maximum absolute atomic E-state index is 12.4. The normalized spacial score (nSPS) is 15.5. The number of aromatic nitrogens is 2. The summed E-state index contributed by atoms with van der Waals surface area (Å²) in [5.74, 6) is 1.57. The summed E-state index contributed by atoms with van der Waals surface area (Å²) >= 11 is 0. The molecule has 1 aromatic carbocycles.